The van der Waals surface area contributed by atoms with Crippen LogP contribution in [0.15, 0.2) is 48.5 Å². The first-order valence-corrected chi connectivity index (χ1v) is 8.38. The fraction of sp³-hybridized carbons (Fsp3) is 0.350. The lowest BCUT2D eigenvalue weighted by molar-refractivity contribution is -0.118. The molecule has 128 valence electrons. The molecule has 0 fully saturated rings. The molecule has 4 heteroatoms. The third kappa shape index (κ3) is 5.01. The second-order valence-corrected chi connectivity index (χ2v) is 5.64. The van der Waals surface area contributed by atoms with E-state index >= 15 is 0 Å². The highest BCUT2D eigenvalue weighted by Gasteiger charge is 2.11. The van der Waals surface area contributed by atoms with E-state index in [4.69, 9.17) is 9.47 Å². The summed E-state index contributed by atoms with van der Waals surface area (Å²) in [5.41, 5.74) is 1.83. The Morgan fingerprint density at radius 2 is 1.88 bits per heavy atom. The largest absolute Gasteiger partial charge is 0.494 e. The average molecular weight is 327 g/mol. The monoisotopic (exact) mass is 327 g/mol. The Balaban J connectivity index is 1.95. The van der Waals surface area contributed by atoms with Crippen molar-refractivity contribution in [3.8, 4) is 11.5 Å². The standard InChI is InChI=1S/C20H25NO3/c1-4-15(3)18-11-6-7-12-19(18)24-14-20(22)21-16-9-8-10-17(13-16)23-5-2/h6-13,15H,4-5,14H2,1-3H3,(H,21,22). The van der Waals surface area contributed by atoms with Gasteiger partial charge in [-0.25, -0.2) is 0 Å². The maximum atomic E-state index is 12.1. The van der Waals surface area contributed by atoms with Gasteiger partial charge in [-0.3, -0.25) is 4.79 Å². The molecule has 0 radical (unpaired) electrons. The average Bonchev–Trinajstić information content (AvgIpc) is 2.60. The van der Waals surface area contributed by atoms with Gasteiger partial charge in [-0.05, 0) is 43.0 Å². The number of benzene rings is 2. The van der Waals surface area contributed by atoms with Gasteiger partial charge in [0.25, 0.3) is 5.91 Å². The van der Waals surface area contributed by atoms with Crippen molar-refractivity contribution in [1.29, 1.82) is 0 Å². The predicted molar refractivity (Wildman–Crippen MR) is 96.9 cm³/mol. The summed E-state index contributed by atoms with van der Waals surface area (Å²) in [7, 11) is 0. The van der Waals surface area contributed by atoms with Crippen LogP contribution >= 0.6 is 0 Å². The van der Waals surface area contributed by atoms with Crippen molar-refractivity contribution in [2.75, 3.05) is 18.5 Å². The summed E-state index contributed by atoms with van der Waals surface area (Å²) in [6.45, 7) is 6.79. The van der Waals surface area contributed by atoms with Gasteiger partial charge in [0.2, 0.25) is 0 Å². The van der Waals surface area contributed by atoms with Gasteiger partial charge in [-0.2, -0.15) is 0 Å². The van der Waals surface area contributed by atoms with E-state index in [1.54, 1.807) is 6.07 Å². The zero-order valence-electron chi connectivity index (χ0n) is 14.5. The first kappa shape index (κ1) is 17.9. The fourth-order valence-corrected chi connectivity index (χ4v) is 2.41. The first-order chi connectivity index (χ1) is 11.6. The Morgan fingerprint density at radius 1 is 1.08 bits per heavy atom. The van der Waals surface area contributed by atoms with Gasteiger partial charge >= 0.3 is 0 Å². The van der Waals surface area contributed by atoms with Crippen molar-refractivity contribution in [1.82, 2.24) is 0 Å². The van der Waals surface area contributed by atoms with E-state index in [1.807, 2.05) is 49.4 Å². The Morgan fingerprint density at radius 3 is 2.62 bits per heavy atom. The molecule has 2 aromatic rings. The van der Waals surface area contributed by atoms with E-state index in [9.17, 15) is 4.79 Å². The number of hydrogen-bond acceptors (Lipinski definition) is 3. The Hall–Kier alpha value is -2.49. The van der Waals surface area contributed by atoms with Crippen molar-refractivity contribution in [2.45, 2.75) is 33.1 Å². The van der Waals surface area contributed by atoms with Crippen LogP contribution in [0, 0.1) is 0 Å². The SMILES string of the molecule is CCOc1cccc(NC(=O)COc2ccccc2C(C)CC)c1. The van der Waals surface area contributed by atoms with Crippen LogP contribution in [0.5, 0.6) is 11.5 Å². The van der Waals surface area contributed by atoms with Crippen LogP contribution in [0.2, 0.25) is 0 Å². The summed E-state index contributed by atoms with van der Waals surface area (Å²) in [4.78, 5) is 12.1. The van der Waals surface area contributed by atoms with Crippen LogP contribution in [0.4, 0.5) is 5.69 Å². The van der Waals surface area contributed by atoms with Crippen molar-refractivity contribution in [3.63, 3.8) is 0 Å². The molecule has 4 nitrogen and oxygen atoms in total. The van der Waals surface area contributed by atoms with Crippen LogP contribution in [-0.4, -0.2) is 19.1 Å². The summed E-state index contributed by atoms with van der Waals surface area (Å²) >= 11 is 0. The van der Waals surface area contributed by atoms with Crippen LogP contribution in [-0.2, 0) is 4.79 Å². The number of nitrogens with one attached hydrogen (secondary N) is 1. The van der Waals surface area contributed by atoms with Crippen LogP contribution in [0.1, 0.15) is 38.7 Å². The normalized spacial score (nSPS) is 11.6. The molecule has 0 aromatic heterocycles. The molecule has 24 heavy (non-hydrogen) atoms. The Labute approximate surface area is 143 Å². The smallest absolute Gasteiger partial charge is 0.262 e. The van der Waals surface area contributed by atoms with Gasteiger partial charge in [0, 0.05) is 11.8 Å². The van der Waals surface area contributed by atoms with E-state index < -0.39 is 0 Å². The maximum absolute atomic E-state index is 12.1. The number of rotatable bonds is 8. The first-order valence-electron chi connectivity index (χ1n) is 8.38. The molecule has 1 amide bonds. The third-order valence-electron chi connectivity index (χ3n) is 3.85. The summed E-state index contributed by atoms with van der Waals surface area (Å²) in [6.07, 6.45) is 1.02. The molecule has 1 atom stereocenters. The predicted octanol–water partition coefficient (Wildman–Crippen LogP) is 4.62. The summed E-state index contributed by atoms with van der Waals surface area (Å²) in [5, 5.41) is 2.83. The number of amides is 1. The number of carbonyl (C=O) groups is 1. The third-order valence-corrected chi connectivity index (χ3v) is 3.85. The zero-order chi connectivity index (χ0) is 17.4. The van der Waals surface area contributed by atoms with Gasteiger partial charge in [-0.1, -0.05) is 38.1 Å². The molecule has 0 heterocycles. The molecule has 0 spiro atoms. The topological polar surface area (TPSA) is 47.6 Å². The molecule has 0 bridgehead atoms. The number of hydrogen-bond donors (Lipinski definition) is 1. The molecule has 0 aliphatic rings. The molecule has 2 aromatic carbocycles. The minimum atomic E-state index is -0.192. The second kappa shape index (κ2) is 8.96. The molecular weight excluding hydrogens is 302 g/mol. The minimum absolute atomic E-state index is 0.0215. The number of ether oxygens (including phenoxy) is 2. The summed E-state index contributed by atoms with van der Waals surface area (Å²) in [5.74, 6) is 1.71. The Bertz CT molecular complexity index is 669. The second-order valence-electron chi connectivity index (χ2n) is 5.64. The fourth-order valence-electron chi connectivity index (χ4n) is 2.41. The lowest BCUT2D eigenvalue weighted by atomic mass is 9.98. The van der Waals surface area contributed by atoms with E-state index in [-0.39, 0.29) is 12.5 Å². The number of para-hydroxylation sites is 1. The van der Waals surface area contributed by atoms with Gasteiger partial charge < -0.3 is 14.8 Å². The molecule has 0 aliphatic heterocycles. The van der Waals surface area contributed by atoms with E-state index in [0.717, 1.165) is 23.5 Å². The van der Waals surface area contributed by atoms with Gasteiger partial charge in [0.15, 0.2) is 6.61 Å². The molecule has 0 aliphatic carbocycles. The quantitative estimate of drug-likeness (QED) is 0.770. The molecule has 0 saturated carbocycles. The number of anilines is 1. The van der Waals surface area contributed by atoms with Crippen molar-refractivity contribution in [2.24, 2.45) is 0 Å². The molecule has 1 unspecified atom stereocenters. The van der Waals surface area contributed by atoms with Gasteiger partial charge in [0.1, 0.15) is 11.5 Å². The zero-order valence-corrected chi connectivity index (χ0v) is 14.5. The maximum Gasteiger partial charge on any atom is 0.262 e. The number of carbonyl (C=O) groups excluding carboxylic acids is 1. The highest BCUT2D eigenvalue weighted by molar-refractivity contribution is 5.92. The van der Waals surface area contributed by atoms with Gasteiger partial charge in [-0.15, -0.1) is 0 Å². The van der Waals surface area contributed by atoms with E-state index in [1.165, 1.54) is 0 Å². The molecule has 2 rings (SSSR count). The van der Waals surface area contributed by atoms with Crippen LogP contribution in [0.25, 0.3) is 0 Å². The summed E-state index contributed by atoms with van der Waals surface area (Å²) in [6, 6.07) is 15.2. The lowest BCUT2D eigenvalue weighted by Gasteiger charge is -2.15. The molecular formula is C20H25NO3. The highest BCUT2D eigenvalue weighted by Crippen LogP contribution is 2.28. The van der Waals surface area contributed by atoms with Gasteiger partial charge in [0.05, 0.1) is 6.61 Å². The van der Waals surface area contributed by atoms with Crippen molar-refractivity contribution in [3.05, 3.63) is 54.1 Å². The van der Waals surface area contributed by atoms with E-state index in [0.29, 0.717) is 18.2 Å². The van der Waals surface area contributed by atoms with Crippen molar-refractivity contribution < 1.29 is 14.3 Å². The van der Waals surface area contributed by atoms with Crippen molar-refractivity contribution >= 4 is 11.6 Å². The molecule has 1 N–H and O–H groups in total. The van der Waals surface area contributed by atoms with Crippen LogP contribution < -0.4 is 14.8 Å². The highest BCUT2D eigenvalue weighted by atomic mass is 16.5. The summed E-state index contributed by atoms with van der Waals surface area (Å²) < 4.78 is 11.2. The van der Waals surface area contributed by atoms with Crippen LogP contribution in [0.3, 0.4) is 0 Å². The minimum Gasteiger partial charge on any atom is -0.494 e. The Kier molecular flexibility index (Phi) is 6.67. The van der Waals surface area contributed by atoms with E-state index in [2.05, 4.69) is 19.2 Å². The molecule has 0 saturated heterocycles. The lowest BCUT2D eigenvalue weighted by Crippen LogP contribution is -2.20.